The van der Waals surface area contributed by atoms with Crippen LogP contribution in [0.15, 0.2) is 29.1 Å². The van der Waals surface area contributed by atoms with Crippen molar-refractivity contribution in [3.63, 3.8) is 0 Å². The monoisotopic (exact) mass is 472 g/mol. The minimum Gasteiger partial charge on any atom is -0.338 e. The Labute approximate surface area is 196 Å². The molecule has 174 valence electrons. The zero-order valence-electron chi connectivity index (χ0n) is 18.5. The quantitative estimate of drug-likeness (QED) is 0.664. The smallest absolute Gasteiger partial charge is 0.338 e. The fourth-order valence-electron chi connectivity index (χ4n) is 3.84. The average Bonchev–Trinajstić information content (AvgIpc) is 3.07. The van der Waals surface area contributed by atoms with Gasteiger partial charge < -0.3 is 15.5 Å². The Morgan fingerprint density at radius 2 is 1.90 bits per heavy atom. The number of benzene rings is 1. The van der Waals surface area contributed by atoms with E-state index in [1.54, 1.807) is 9.25 Å². The van der Waals surface area contributed by atoms with Crippen molar-refractivity contribution >= 4 is 30.7 Å². The molecule has 2 aromatic rings. The molecule has 2 heterocycles. The maximum Gasteiger partial charge on any atom is 0.345 e. The highest BCUT2D eigenvalue weighted by atomic mass is 35.5. The third-order valence-electron chi connectivity index (χ3n) is 5.54. The summed E-state index contributed by atoms with van der Waals surface area (Å²) in [6.45, 7) is 5.65. The molecule has 3 rings (SSSR count). The second-order valence-electron chi connectivity index (χ2n) is 7.90. The maximum atomic E-state index is 13.0. The van der Waals surface area contributed by atoms with Crippen molar-refractivity contribution in [2.45, 2.75) is 45.3 Å². The molecule has 1 saturated heterocycles. The molecule has 1 aliphatic rings. The number of carbonyl (C=O) groups excluding carboxylic acids is 1. The van der Waals surface area contributed by atoms with Crippen LogP contribution in [0.4, 0.5) is 0 Å². The number of rotatable bonds is 7. The largest absolute Gasteiger partial charge is 0.345 e. The van der Waals surface area contributed by atoms with Gasteiger partial charge in [-0.3, -0.25) is 9.36 Å². The number of nitrogens with zero attached hydrogens (tertiary/aromatic N) is 5. The number of hydrogen-bond acceptors (Lipinski definition) is 5. The molecule has 0 radical (unpaired) electrons. The van der Waals surface area contributed by atoms with E-state index < -0.39 is 0 Å². The third-order valence-corrected chi connectivity index (χ3v) is 5.54. The predicted molar refractivity (Wildman–Crippen MR) is 127 cm³/mol. The molecule has 10 heteroatoms. The lowest BCUT2D eigenvalue weighted by molar-refractivity contribution is 0.0703. The summed E-state index contributed by atoms with van der Waals surface area (Å²) < 4.78 is 3.31. The van der Waals surface area contributed by atoms with Crippen LogP contribution in [-0.2, 0) is 19.6 Å². The van der Waals surface area contributed by atoms with Crippen molar-refractivity contribution in [1.29, 1.82) is 0 Å². The SMILES string of the molecule is CCn1c(C2CCCN(C(=O)c3ccc(CN)cc3)C2)nn(CCN(C)C)c1=O.Cl.Cl. The summed E-state index contributed by atoms with van der Waals surface area (Å²) in [6.07, 6.45) is 1.83. The molecule has 1 aromatic carbocycles. The molecular formula is C21H34Cl2N6O2. The molecule has 2 N–H and O–H groups in total. The van der Waals surface area contributed by atoms with Crippen molar-refractivity contribution < 1.29 is 4.79 Å². The molecule has 1 atom stereocenters. The molecule has 1 aromatic heterocycles. The van der Waals surface area contributed by atoms with E-state index in [0.717, 1.165) is 37.3 Å². The van der Waals surface area contributed by atoms with E-state index in [1.165, 1.54) is 0 Å². The molecule has 0 spiro atoms. The summed E-state index contributed by atoms with van der Waals surface area (Å²) in [7, 11) is 3.96. The fraction of sp³-hybridized carbons (Fsp3) is 0.571. The number of amides is 1. The molecule has 0 aliphatic carbocycles. The number of halogens is 2. The van der Waals surface area contributed by atoms with Gasteiger partial charge in [-0.05, 0) is 51.6 Å². The van der Waals surface area contributed by atoms with Gasteiger partial charge in [0.25, 0.3) is 5.91 Å². The molecule has 1 aliphatic heterocycles. The zero-order valence-corrected chi connectivity index (χ0v) is 20.1. The molecular weight excluding hydrogens is 439 g/mol. The lowest BCUT2D eigenvalue weighted by atomic mass is 9.96. The van der Waals surface area contributed by atoms with Crippen molar-refractivity contribution in [1.82, 2.24) is 24.1 Å². The first kappa shape index (κ1) is 27.2. The summed E-state index contributed by atoms with van der Waals surface area (Å²) in [4.78, 5) is 29.6. The van der Waals surface area contributed by atoms with Crippen LogP contribution in [0.2, 0.25) is 0 Å². The van der Waals surface area contributed by atoms with Gasteiger partial charge in [-0.25, -0.2) is 9.48 Å². The van der Waals surface area contributed by atoms with Gasteiger partial charge in [0.05, 0.1) is 6.54 Å². The Balaban J connectivity index is 0.00000240. The highest BCUT2D eigenvalue weighted by Gasteiger charge is 2.29. The number of hydrogen-bond donors (Lipinski definition) is 1. The first-order valence-electron chi connectivity index (χ1n) is 10.3. The third kappa shape index (κ3) is 6.32. The number of likely N-dealkylation sites (N-methyl/N-ethyl adjacent to an activating group) is 1. The highest BCUT2D eigenvalue weighted by molar-refractivity contribution is 5.94. The zero-order chi connectivity index (χ0) is 21.0. The molecule has 1 unspecified atom stereocenters. The minimum absolute atomic E-state index is 0. The molecule has 0 bridgehead atoms. The number of likely N-dealkylation sites (tertiary alicyclic amines) is 1. The molecule has 1 amide bonds. The van der Waals surface area contributed by atoms with Gasteiger partial charge in [0.1, 0.15) is 5.82 Å². The summed E-state index contributed by atoms with van der Waals surface area (Å²) in [5.74, 6) is 0.896. The van der Waals surface area contributed by atoms with E-state index in [1.807, 2.05) is 55.1 Å². The Bertz CT molecular complexity index is 894. The van der Waals surface area contributed by atoms with Crippen LogP contribution >= 0.6 is 24.8 Å². The van der Waals surface area contributed by atoms with Gasteiger partial charge >= 0.3 is 5.69 Å². The van der Waals surface area contributed by atoms with E-state index in [4.69, 9.17) is 5.73 Å². The Morgan fingerprint density at radius 1 is 1.23 bits per heavy atom. The molecule has 31 heavy (non-hydrogen) atoms. The lowest BCUT2D eigenvalue weighted by Gasteiger charge is -2.32. The average molecular weight is 473 g/mol. The highest BCUT2D eigenvalue weighted by Crippen LogP contribution is 2.26. The van der Waals surface area contributed by atoms with E-state index in [9.17, 15) is 9.59 Å². The Kier molecular flexibility index (Phi) is 10.7. The van der Waals surface area contributed by atoms with E-state index >= 15 is 0 Å². The van der Waals surface area contributed by atoms with Crippen LogP contribution < -0.4 is 11.4 Å². The van der Waals surface area contributed by atoms with Crippen LogP contribution in [0.5, 0.6) is 0 Å². The summed E-state index contributed by atoms with van der Waals surface area (Å²) in [5, 5.41) is 4.65. The van der Waals surface area contributed by atoms with E-state index in [-0.39, 0.29) is 42.3 Å². The van der Waals surface area contributed by atoms with E-state index in [2.05, 4.69) is 5.10 Å². The summed E-state index contributed by atoms with van der Waals surface area (Å²) in [6, 6.07) is 7.48. The van der Waals surface area contributed by atoms with Gasteiger partial charge in [0.2, 0.25) is 0 Å². The fourth-order valence-corrected chi connectivity index (χ4v) is 3.84. The molecule has 8 nitrogen and oxygen atoms in total. The number of nitrogens with two attached hydrogens (primary N) is 1. The Morgan fingerprint density at radius 3 is 2.48 bits per heavy atom. The van der Waals surface area contributed by atoms with Crippen LogP contribution in [-0.4, -0.2) is 63.8 Å². The van der Waals surface area contributed by atoms with Crippen LogP contribution in [0.1, 0.15) is 47.4 Å². The van der Waals surface area contributed by atoms with Crippen LogP contribution in [0, 0.1) is 0 Å². The predicted octanol–water partition coefficient (Wildman–Crippen LogP) is 1.95. The van der Waals surface area contributed by atoms with Gasteiger partial charge in [-0.1, -0.05) is 12.1 Å². The van der Waals surface area contributed by atoms with Gasteiger partial charge in [-0.15, -0.1) is 24.8 Å². The van der Waals surface area contributed by atoms with Gasteiger partial charge in [0.15, 0.2) is 0 Å². The second-order valence-corrected chi connectivity index (χ2v) is 7.90. The molecule has 1 fully saturated rings. The number of piperidine rings is 1. The summed E-state index contributed by atoms with van der Waals surface area (Å²) >= 11 is 0. The summed E-state index contributed by atoms with van der Waals surface area (Å²) in [5.41, 5.74) is 7.26. The minimum atomic E-state index is -0.0647. The van der Waals surface area contributed by atoms with Crippen LogP contribution in [0.25, 0.3) is 0 Å². The standard InChI is InChI=1S/C21H32N6O2.2ClH/c1-4-26-19(23-27(21(26)29)13-12-24(2)3)18-6-5-11-25(15-18)20(28)17-9-7-16(14-22)8-10-17;;/h7-10,18H,4-6,11-15,22H2,1-3H3;2*1H. The normalized spacial score (nSPS) is 16.0. The van der Waals surface area contributed by atoms with Crippen molar-refractivity contribution in [3.8, 4) is 0 Å². The lowest BCUT2D eigenvalue weighted by Crippen LogP contribution is -2.40. The first-order valence-corrected chi connectivity index (χ1v) is 10.3. The van der Waals surface area contributed by atoms with Crippen molar-refractivity contribution in [3.05, 3.63) is 51.7 Å². The molecule has 0 saturated carbocycles. The van der Waals surface area contributed by atoms with Crippen LogP contribution in [0.3, 0.4) is 0 Å². The van der Waals surface area contributed by atoms with Gasteiger partial charge in [0, 0.05) is 44.2 Å². The maximum absolute atomic E-state index is 13.0. The van der Waals surface area contributed by atoms with Crippen molar-refractivity contribution in [2.24, 2.45) is 5.73 Å². The topological polar surface area (TPSA) is 89.4 Å². The number of carbonyl (C=O) groups is 1. The first-order chi connectivity index (χ1) is 13.9. The van der Waals surface area contributed by atoms with Gasteiger partial charge in [-0.2, -0.15) is 5.10 Å². The second kappa shape index (κ2) is 12.2. The number of aromatic nitrogens is 3. The van der Waals surface area contributed by atoms with Crippen molar-refractivity contribution in [2.75, 3.05) is 33.7 Å². The Hall–Kier alpha value is -1.87. The van der Waals surface area contributed by atoms with E-state index in [0.29, 0.717) is 31.7 Å².